The summed E-state index contributed by atoms with van der Waals surface area (Å²) in [5.41, 5.74) is 6.89. The monoisotopic (exact) mass is 280 g/mol. The van der Waals surface area contributed by atoms with Crippen molar-refractivity contribution in [3.8, 4) is 0 Å². The van der Waals surface area contributed by atoms with Crippen LogP contribution in [-0.4, -0.2) is 30.6 Å². The van der Waals surface area contributed by atoms with Gasteiger partial charge in [0.05, 0.1) is 0 Å². The molecule has 0 atom stereocenters. The van der Waals surface area contributed by atoms with Crippen LogP contribution in [-0.2, 0) is 6.42 Å². The SMILES string of the molecule is CN(CCc1cccs1)C1(CN)CCC(C)(C)CC1. The number of thiophene rings is 1. The Morgan fingerprint density at radius 3 is 2.47 bits per heavy atom. The Hall–Kier alpha value is -0.380. The third-order valence-electron chi connectivity index (χ3n) is 5.00. The van der Waals surface area contributed by atoms with Gasteiger partial charge in [-0.2, -0.15) is 0 Å². The van der Waals surface area contributed by atoms with Gasteiger partial charge in [0.2, 0.25) is 0 Å². The van der Waals surface area contributed by atoms with E-state index < -0.39 is 0 Å². The molecule has 0 unspecified atom stereocenters. The van der Waals surface area contributed by atoms with Crippen LogP contribution in [0.4, 0.5) is 0 Å². The summed E-state index contributed by atoms with van der Waals surface area (Å²) in [5, 5.41) is 2.16. The fourth-order valence-corrected chi connectivity index (χ4v) is 3.80. The molecule has 0 bridgehead atoms. The van der Waals surface area contributed by atoms with Crippen molar-refractivity contribution in [2.24, 2.45) is 11.1 Å². The number of hydrogen-bond donors (Lipinski definition) is 1. The molecule has 1 aliphatic carbocycles. The summed E-state index contributed by atoms with van der Waals surface area (Å²) in [7, 11) is 2.26. The quantitative estimate of drug-likeness (QED) is 0.894. The maximum atomic E-state index is 6.14. The fraction of sp³-hybridized carbons (Fsp3) is 0.750. The summed E-state index contributed by atoms with van der Waals surface area (Å²) in [4.78, 5) is 4.01. The number of rotatable bonds is 5. The molecule has 1 aromatic heterocycles. The number of likely N-dealkylation sites (N-methyl/N-ethyl adjacent to an activating group) is 1. The molecule has 1 heterocycles. The summed E-state index contributed by atoms with van der Waals surface area (Å²) >= 11 is 1.86. The molecular weight excluding hydrogens is 252 g/mol. The first kappa shape index (κ1) is 15.0. The molecule has 1 aliphatic rings. The van der Waals surface area contributed by atoms with E-state index >= 15 is 0 Å². The van der Waals surface area contributed by atoms with Gasteiger partial charge in [0.1, 0.15) is 0 Å². The molecule has 2 N–H and O–H groups in total. The second kappa shape index (κ2) is 5.94. The van der Waals surface area contributed by atoms with Gasteiger partial charge in [0.15, 0.2) is 0 Å². The van der Waals surface area contributed by atoms with E-state index in [1.165, 1.54) is 30.6 Å². The van der Waals surface area contributed by atoms with Crippen LogP contribution in [0.1, 0.15) is 44.4 Å². The van der Waals surface area contributed by atoms with Crippen LogP contribution >= 0.6 is 11.3 Å². The van der Waals surface area contributed by atoms with Gasteiger partial charge in [0.25, 0.3) is 0 Å². The first-order valence-electron chi connectivity index (χ1n) is 7.41. The van der Waals surface area contributed by atoms with Gasteiger partial charge in [-0.1, -0.05) is 19.9 Å². The Morgan fingerprint density at radius 1 is 1.26 bits per heavy atom. The Kier molecular flexibility index (Phi) is 4.70. The van der Waals surface area contributed by atoms with Crippen molar-refractivity contribution in [2.75, 3.05) is 20.1 Å². The molecule has 0 radical (unpaired) electrons. The lowest BCUT2D eigenvalue weighted by Crippen LogP contribution is -2.55. The predicted molar refractivity (Wildman–Crippen MR) is 84.7 cm³/mol. The average Bonchev–Trinajstić information content (AvgIpc) is 2.90. The zero-order chi connectivity index (χ0) is 13.9. The lowest BCUT2D eigenvalue weighted by Gasteiger charge is -2.48. The molecule has 0 aromatic carbocycles. The van der Waals surface area contributed by atoms with E-state index in [0.29, 0.717) is 5.41 Å². The van der Waals surface area contributed by atoms with Crippen molar-refractivity contribution in [2.45, 2.75) is 51.5 Å². The summed E-state index contributed by atoms with van der Waals surface area (Å²) in [6, 6.07) is 4.37. The fourth-order valence-electron chi connectivity index (χ4n) is 3.10. The van der Waals surface area contributed by atoms with Crippen LogP contribution in [0.15, 0.2) is 17.5 Å². The van der Waals surface area contributed by atoms with Crippen LogP contribution in [0.25, 0.3) is 0 Å². The molecule has 0 amide bonds. The van der Waals surface area contributed by atoms with E-state index in [0.717, 1.165) is 19.5 Å². The van der Waals surface area contributed by atoms with E-state index in [4.69, 9.17) is 5.73 Å². The lowest BCUT2D eigenvalue weighted by atomic mass is 9.69. The minimum atomic E-state index is 0.243. The van der Waals surface area contributed by atoms with Crippen LogP contribution in [0, 0.1) is 5.41 Å². The first-order valence-corrected chi connectivity index (χ1v) is 8.29. The van der Waals surface area contributed by atoms with E-state index in [1.54, 1.807) is 0 Å². The van der Waals surface area contributed by atoms with Gasteiger partial charge >= 0.3 is 0 Å². The highest BCUT2D eigenvalue weighted by atomic mass is 32.1. The van der Waals surface area contributed by atoms with Crippen molar-refractivity contribution in [1.29, 1.82) is 0 Å². The minimum absolute atomic E-state index is 0.243. The van der Waals surface area contributed by atoms with Gasteiger partial charge in [-0.15, -0.1) is 11.3 Å². The van der Waals surface area contributed by atoms with E-state index in [9.17, 15) is 0 Å². The molecule has 1 saturated carbocycles. The molecule has 1 aromatic rings. The highest BCUT2D eigenvalue weighted by molar-refractivity contribution is 7.09. The minimum Gasteiger partial charge on any atom is -0.329 e. The molecule has 0 spiro atoms. The molecule has 0 saturated heterocycles. The third kappa shape index (κ3) is 3.59. The standard InChI is InChI=1S/C16H28N2S/c1-15(2)7-9-16(13-17,10-8-15)18(3)11-6-14-5-4-12-19-14/h4-5,12H,6-11,13,17H2,1-3H3. The molecule has 0 aliphatic heterocycles. The van der Waals surface area contributed by atoms with E-state index in [-0.39, 0.29) is 5.54 Å². The van der Waals surface area contributed by atoms with Crippen molar-refractivity contribution in [1.82, 2.24) is 4.90 Å². The normalized spacial score (nSPS) is 21.7. The number of nitrogens with two attached hydrogens (primary N) is 1. The molecule has 108 valence electrons. The first-order chi connectivity index (χ1) is 8.97. The predicted octanol–water partition coefficient (Wildman–Crippen LogP) is 3.52. The molecule has 2 nitrogen and oxygen atoms in total. The second-order valence-corrected chi connectivity index (χ2v) is 7.88. The number of hydrogen-bond acceptors (Lipinski definition) is 3. The Labute approximate surface area is 122 Å². The van der Waals surface area contributed by atoms with Crippen molar-refractivity contribution < 1.29 is 0 Å². The van der Waals surface area contributed by atoms with Crippen LogP contribution < -0.4 is 5.73 Å². The number of nitrogens with zero attached hydrogens (tertiary/aromatic N) is 1. The zero-order valence-electron chi connectivity index (χ0n) is 12.6. The molecule has 1 fully saturated rings. The molecule has 19 heavy (non-hydrogen) atoms. The maximum absolute atomic E-state index is 6.14. The smallest absolute Gasteiger partial charge is 0.0329 e. The van der Waals surface area contributed by atoms with Crippen molar-refractivity contribution in [3.63, 3.8) is 0 Å². The summed E-state index contributed by atoms with van der Waals surface area (Å²) in [6.07, 6.45) is 6.25. The van der Waals surface area contributed by atoms with Crippen molar-refractivity contribution in [3.05, 3.63) is 22.4 Å². The van der Waals surface area contributed by atoms with Crippen molar-refractivity contribution >= 4 is 11.3 Å². The van der Waals surface area contributed by atoms with E-state index in [2.05, 4.69) is 43.3 Å². The maximum Gasteiger partial charge on any atom is 0.0329 e. The third-order valence-corrected chi connectivity index (χ3v) is 5.93. The summed E-state index contributed by atoms with van der Waals surface area (Å²) in [5.74, 6) is 0. The van der Waals surface area contributed by atoms with Crippen LogP contribution in [0.2, 0.25) is 0 Å². The Balaban J connectivity index is 1.93. The van der Waals surface area contributed by atoms with Gasteiger partial charge in [-0.3, -0.25) is 4.90 Å². The second-order valence-electron chi connectivity index (χ2n) is 6.84. The van der Waals surface area contributed by atoms with Gasteiger partial charge < -0.3 is 5.73 Å². The highest BCUT2D eigenvalue weighted by Crippen LogP contribution is 2.42. The average molecular weight is 280 g/mol. The van der Waals surface area contributed by atoms with Crippen LogP contribution in [0.5, 0.6) is 0 Å². The van der Waals surface area contributed by atoms with Crippen LogP contribution in [0.3, 0.4) is 0 Å². The summed E-state index contributed by atoms with van der Waals surface area (Å²) < 4.78 is 0. The Morgan fingerprint density at radius 2 is 1.95 bits per heavy atom. The van der Waals surface area contributed by atoms with Gasteiger partial charge in [0, 0.05) is 23.5 Å². The molecular formula is C16H28N2S. The molecule has 2 rings (SSSR count). The largest absolute Gasteiger partial charge is 0.329 e. The Bertz CT molecular complexity index is 373. The highest BCUT2D eigenvalue weighted by Gasteiger charge is 2.39. The zero-order valence-corrected chi connectivity index (χ0v) is 13.4. The topological polar surface area (TPSA) is 29.3 Å². The van der Waals surface area contributed by atoms with E-state index in [1.807, 2.05) is 11.3 Å². The summed E-state index contributed by atoms with van der Waals surface area (Å²) in [6.45, 7) is 6.69. The van der Waals surface area contributed by atoms with Gasteiger partial charge in [-0.25, -0.2) is 0 Å². The van der Waals surface area contributed by atoms with Gasteiger partial charge in [-0.05, 0) is 56.0 Å². The lowest BCUT2D eigenvalue weighted by molar-refractivity contribution is 0.0426. The molecule has 3 heteroatoms.